The first kappa shape index (κ1) is 14.7. The van der Waals surface area contributed by atoms with Gasteiger partial charge in [-0.3, -0.25) is 14.9 Å². The van der Waals surface area contributed by atoms with E-state index in [1.165, 1.54) is 12.1 Å². The molecule has 116 valence electrons. The van der Waals surface area contributed by atoms with E-state index in [0.29, 0.717) is 6.67 Å². The van der Waals surface area contributed by atoms with Crippen molar-refractivity contribution in [1.82, 2.24) is 14.9 Å². The summed E-state index contributed by atoms with van der Waals surface area (Å²) in [5.41, 5.74) is 2.56. The molecule has 7 heteroatoms. The van der Waals surface area contributed by atoms with Crippen LogP contribution in [0.15, 0.2) is 54.9 Å². The molecule has 0 fully saturated rings. The molecule has 0 radical (unpaired) electrons. The summed E-state index contributed by atoms with van der Waals surface area (Å²) in [6.45, 7) is 0.326. The van der Waals surface area contributed by atoms with Crippen LogP contribution in [0.25, 0.3) is 11.0 Å². The summed E-state index contributed by atoms with van der Waals surface area (Å²) in [7, 11) is 0. The van der Waals surface area contributed by atoms with Gasteiger partial charge < -0.3 is 9.88 Å². The second-order valence-corrected chi connectivity index (χ2v) is 5.06. The number of carbonyl (C=O) groups is 1. The number of aromatic nitrogens is 2. The van der Waals surface area contributed by atoms with Crippen LogP contribution in [0, 0.1) is 10.1 Å². The third-order valence-electron chi connectivity index (χ3n) is 3.49. The molecular weight excluding hydrogens is 296 g/mol. The van der Waals surface area contributed by atoms with Gasteiger partial charge in [0.1, 0.15) is 0 Å². The van der Waals surface area contributed by atoms with Gasteiger partial charge in [0, 0.05) is 12.1 Å². The van der Waals surface area contributed by atoms with Crippen molar-refractivity contribution in [1.29, 1.82) is 0 Å². The number of imidazole rings is 1. The quantitative estimate of drug-likeness (QED) is 0.578. The lowest BCUT2D eigenvalue weighted by molar-refractivity contribution is -0.384. The average Bonchev–Trinajstić information content (AvgIpc) is 2.97. The minimum atomic E-state index is -0.464. The summed E-state index contributed by atoms with van der Waals surface area (Å²) < 4.78 is 1.85. The van der Waals surface area contributed by atoms with Gasteiger partial charge in [-0.15, -0.1) is 0 Å². The maximum Gasteiger partial charge on any atom is 0.269 e. The number of nitro benzene ring substituents is 1. The van der Waals surface area contributed by atoms with Crippen molar-refractivity contribution in [3.8, 4) is 0 Å². The first-order valence-electron chi connectivity index (χ1n) is 7.03. The monoisotopic (exact) mass is 310 g/mol. The SMILES string of the molecule is O=C(Cc1ccc([N+](=O)[O-])cc1)NCn1cnc2ccccc21. The minimum Gasteiger partial charge on any atom is -0.338 e. The second kappa shape index (κ2) is 6.27. The molecule has 0 aliphatic heterocycles. The van der Waals surface area contributed by atoms with Crippen molar-refractivity contribution in [2.75, 3.05) is 0 Å². The number of carbonyl (C=O) groups excluding carboxylic acids is 1. The Bertz CT molecular complexity index is 855. The van der Waals surface area contributed by atoms with E-state index in [1.54, 1.807) is 18.5 Å². The highest BCUT2D eigenvalue weighted by Gasteiger charge is 2.08. The van der Waals surface area contributed by atoms with Gasteiger partial charge in [0.15, 0.2) is 0 Å². The van der Waals surface area contributed by atoms with Crippen LogP contribution in [-0.4, -0.2) is 20.4 Å². The molecule has 0 saturated carbocycles. The number of nitrogens with zero attached hydrogens (tertiary/aromatic N) is 3. The number of amides is 1. The van der Waals surface area contributed by atoms with Crippen molar-refractivity contribution in [2.45, 2.75) is 13.1 Å². The van der Waals surface area contributed by atoms with E-state index in [2.05, 4.69) is 10.3 Å². The van der Waals surface area contributed by atoms with Crippen LogP contribution in [0.5, 0.6) is 0 Å². The first-order chi connectivity index (χ1) is 11.1. The highest BCUT2D eigenvalue weighted by molar-refractivity contribution is 5.79. The lowest BCUT2D eigenvalue weighted by Crippen LogP contribution is -2.27. The molecule has 0 saturated heterocycles. The van der Waals surface area contributed by atoms with E-state index in [4.69, 9.17) is 0 Å². The lowest BCUT2D eigenvalue weighted by Gasteiger charge is -2.07. The predicted octanol–water partition coefficient (Wildman–Crippen LogP) is 2.26. The average molecular weight is 310 g/mol. The van der Waals surface area contributed by atoms with E-state index in [9.17, 15) is 14.9 Å². The molecule has 1 amide bonds. The van der Waals surface area contributed by atoms with Crippen LogP contribution < -0.4 is 5.32 Å². The molecule has 1 aromatic heterocycles. The van der Waals surface area contributed by atoms with E-state index >= 15 is 0 Å². The Labute approximate surface area is 131 Å². The van der Waals surface area contributed by atoms with Crippen molar-refractivity contribution in [3.05, 3.63) is 70.5 Å². The molecule has 0 spiro atoms. The number of rotatable bonds is 5. The molecule has 23 heavy (non-hydrogen) atoms. The van der Waals surface area contributed by atoms with Crippen molar-refractivity contribution < 1.29 is 9.72 Å². The van der Waals surface area contributed by atoms with Crippen LogP contribution in [-0.2, 0) is 17.9 Å². The molecule has 0 bridgehead atoms. The fourth-order valence-corrected chi connectivity index (χ4v) is 2.29. The van der Waals surface area contributed by atoms with Crippen LogP contribution in [0.1, 0.15) is 5.56 Å². The van der Waals surface area contributed by atoms with Gasteiger partial charge in [-0.2, -0.15) is 0 Å². The molecule has 0 aliphatic rings. The Morgan fingerprint density at radius 3 is 2.65 bits per heavy atom. The fourth-order valence-electron chi connectivity index (χ4n) is 2.29. The standard InChI is InChI=1S/C16H14N4O3/c21-16(9-12-5-7-13(8-6-12)20(22)23)18-11-19-10-17-14-3-1-2-4-15(14)19/h1-8,10H,9,11H2,(H,18,21). The van der Waals surface area contributed by atoms with E-state index < -0.39 is 4.92 Å². The van der Waals surface area contributed by atoms with Crippen molar-refractivity contribution >= 4 is 22.6 Å². The van der Waals surface area contributed by atoms with Crippen LogP contribution >= 0.6 is 0 Å². The minimum absolute atomic E-state index is 0.0130. The second-order valence-electron chi connectivity index (χ2n) is 5.06. The Morgan fingerprint density at radius 2 is 1.91 bits per heavy atom. The van der Waals surface area contributed by atoms with Crippen LogP contribution in [0.4, 0.5) is 5.69 Å². The maximum atomic E-state index is 12.0. The molecule has 3 rings (SSSR count). The van der Waals surface area contributed by atoms with Gasteiger partial charge in [0.05, 0.1) is 35.4 Å². The number of nitro groups is 1. The zero-order chi connectivity index (χ0) is 16.2. The Kier molecular flexibility index (Phi) is 4.01. The summed E-state index contributed by atoms with van der Waals surface area (Å²) in [5, 5.41) is 13.4. The Balaban J connectivity index is 1.60. The number of hydrogen-bond acceptors (Lipinski definition) is 4. The number of fused-ring (bicyclic) bond motifs is 1. The van der Waals surface area contributed by atoms with Gasteiger partial charge in [-0.05, 0) is 17.7 Å². The molecule has 7 nitrogen and oxygen atoms in total. The summed E-state index contributed by atoms with van der Waals surface area (Å²) in [6, 6.07) is 13.6. The highest BCUT2D eigenvalue weighted by Crippen LogP contribution is 2.13. The van der Waals surface area contributed by atoms with Crippen LogP contribution in [0.3, 0.4) is 0 Å². The largest absolute Gasteiger partial charge is 0.338 e. The smallest absolute Gasteiger partial charge is 0.269 e. The third kappa shape index (κ3) is 3.34. The Morgan fingerprint density at radius 1 is 1.17 bits per heavy atom. The predicted molar refractivity (Wildman–Crippen MR) is 84.7 cm³/mol. The number of nitrogens with one attached hydrogen (secondary N) is 1. The zero-order valence-corrected chi connectivity index (χ0v) is 12.2. The Hall–Kier alpha value is -3.22. The molecule has 1 heterocycles. The molecule has 0 unspecified atom stereocenters. The van der Waals surface area contributed by atoms with Gasteiger partial charge >= 0.3 is 0 Å². The first-order valence-corrected chi connectivity index (χ1v) is 7.03. The molecular formula is C16H14N4O3. The zero-order valence-electron chi connectivity index (χ0n) is 12.2. The highest BCUT2D eigenvalue weighted by atomic mass is 16.6. The van der Waals surface area contributed by atoms with Crippen molar-refractivity contribution in [2.24, 2.45) is 0 Å². The normalized spacial score (nSPS) is 10.6. The van der Waals surface area contributed by atoms with Crippen molar-refractivity contribution in [3.63, 3.8) is 0 Å². The molecule has 1 N–H and O–H groups in total. The topological polar surface area (TPSA) is 90.1 Å². The van der Waals surface area contributed by atoms with E-state index in [-0.39, 0.29) is 18.0 Å². The molecule has 3 aromatic rings. The number of hydrogen-bond donors (Lipinski definition) is 1. The molecule has 2 aromatic carbocycles. The van der Waals surface area contributed by atoms with Gasteiger partial charge in [-0.25, -0.2) is 4.98 Å². The van der Waals surface area contributed by atoms with Crippen LogP contribution in [0.2, 0.25) is 0 Å². The van der Waals surface area contributed by atoms with Gasteiger partial charge in [-0.1, -0.05) is 24.3 Å². The lowest BCUT2D eigenvalue weighted by atomic mass is 10.1. The number of non-ortho nitro benzene ring substituents is 1. The summed E-state index contributed by atoms with van der Waals surface area (Å²) >= 11 is 0. The summed E-state index contributed by atoms with van der Waals surface area (Å²) in [4.78, 5) is 26.4. The maximum absolute atomic E-state index is 12.0. The van der Waals surface area contributed by atoms with E-state index in [0.717, 1.165) is 16.6 Å². The molecule has 0 atom stereocenters. The summed E-state index contributed by atoms with van der Waals surface area (Å²) in [6.07, 6.45) is 1.85. The number of para-hydroxylation sites is 2. The third-order valence-corrected chi connectivity index (χ3v) is 3.49. The summed E-state index contributed by atoms with van der Waals surface area (Å²) in [5.74, 6) is -0.156. The fraction of sp³-hybridized carbons (Fsp3) is 0.125. The van der Waals surface area contributed by atoms with Gasteiger partial charge in [0.2, 0.25) is 5.91 Å². The molecule has 0 aliphatic carbocycles. The number of benzene rings is 2. The van der Waals surface area contributed by atoms with E-state index in [1.807, 2.05) is 28.8 Å². The van der Waals surface area contributed by atoms with Gasteiger partial charge in [0.25, 0.3) is 5.69 Å².